The van der Waals surface area contributed by atoms with E-state index in [1.54, 1.807) is 12.4 Å². The van der Waals surface area contributed by atoms with Gasteiger partial charge in [0, 0.05) is 30.3 Å². The Morgan fingerprint density at radius 1 is 1.17 bits per heavy atom. The highest BCUT2D eigenvalue weighted by molar-refractivity contribution is 5.94. The first-order valence-corrected chi connectivity index (χ1v) is 8.02. The van der Waals surface area contributed by atoms with Crippen molar-refractivity contribution in [3.05, 3.63) is 47.9 Å². The molecule has 0 bridgehead atoms. The molecule has 1 aromatic carbocycles. The molecule has 1 amide bonds. The first-order valence-electron chi connectivity index (χ1n) is 8.02. The first kappa shape index (κ1) is 14.8. The second-order valence-corrected chi connectivity index (χ2v) is 7.14. The van der Waals surface area contributed by atoms with Crippen molar-refractivity contribution in [2.24, 2.45) is 0 Å². The van der Waals surface area contributed by atoms with E-state index < -0.39 is 0 Å². The Kier molecular flexibility index (Phi) is 3.16. The van der Waals surface area contributed by atoms with E-state index in [4.69, 9.17) is 0 Å². The number of fused-ring (bicyclic) bond motifs is 2. The normalized spacial score (nSPS) is 17.6. The molecule has 2 aromatic heterocycles. The molecule has 0 saturated heterocycles. The molecule has 0 radical (unpaired) electrons. The van der Waals surface area contributed by atoms with Gasteiger partial charge in [-0.25, -0.2) is 4.68 Å². The molecule has 3 heterocycles. The second kappa shape index (κ2) is 5.12. The monoisotopic (exact) mass is 321 g/mol. The van der Waals surface area contributed by atoms with Crippen LogP contribution in [0.5, 0.6) is 0 Å². The molecule has 3 aromatic rings. The number of benzene rings is 1. The maximum Gasteiger partial charge on any atom is 0.226 e. The summed E-state index contributed by atoms with van der Waals surface area (Å²) < 4.78 is 1.88. The summed E-state index contributed by atoms with van der Waals surface area (Å²) in [6, 6.07) is 6.00. The third-order valence-corrected chi connectivity index (χ3v) is 4.35. The minimum Gasteiger partial charge on any atom is -0.311 e. The van der Waals surface area contributed by atoms with Gasteiger partial charge in [-0.3, -0.25) is 14.8 Å². The number of nitrogens with one attached hydrogen (secondary N) is 1. The maximum atomic E-state index is 12.3. The Balaban J connectivity index is 1.84. The Bertz CT molecular complexity index is 938. The van der Waals surface area contributed by atoms with Crippen molar-refractivity contribution in [2.45, 2.75) is 38.6 Å². The lowest BCUT2D eigenvalue weighted by Gasteiger charge is -2.28. The predicted molar refractivity (Wildman–Crippen MR) is 91.9 cm³/mol. The highest BCUT2D eigenvalue weighted by atomic mass is 16.1. The third-order valence-electron chi connectivity index (χ3n) is 4.35. The van der Waals surface area contributed by atoms with Gasteiger partial charge in [-0.1, -0.05) is 6.07 Å². The molecule has 1 N–H and O–H groups in total. The number of carbonyl (C=O) groups excluding carboxylic acids is 1. The minimum atomic E-state index is -0.197. The minimum absolute atomic E-state index is 0.0118. The number of anilines is 1. The SMILES string of the molecule is CC(C)(C)n1ncc2c1NC(=O)C[C@@H]2c1ccc2nccnc2c1. The van der Waals surface area contributed by atoms with Crippen molar-refractivity contribution in [1.82, 2.24) is 19.7 Å². The van der Waals surface area contributed by atoms with Gasteiger partial charge in [-0.15, -0.1) is 0 Å². The number of carbonyl (C=O) groups is 1. The number of nitrogens with zero attached hydrogens (tertiary/aromatic N) is 4. The molecule has 0 unspecified atom stereocenters. The summed E-state index contributed by atoms with van der Waals surface area (Å²) in [5.74, 6) is 0.789. The van der Waals surface area contributed by atoms with E-state index in [2.05, 4.69) is 41.2 Å². The van der Waals surface area contributed by atoms with E-state index in [1.807, 2.05) is 29.1 Å². The number of aromatic nitrogens is 4. The number of hydrogen-bond acceptors (Lipinski definition) is 4. The van der Waals surface area contributed by atoms with Crippen molar-refractivity contribution in [3.8, 4) is 0 Å². The molecule has 0 aliphatic carbocycles. The molecule has 122 valence electrons. The van der Waals surface area contributed by atoms with Gasteiger partial charge in [0.2, 0.25) is 5.91 Å². The van der Waals surface area contributed by atoms with Gasteiger partial charge >= 0.3 is 0 Å². The Morgan fingerprint density at radius 3 is 2.67 bits per heavy atom. The highest BCUT2D eigenvalue weighted by Crippen LogP contribution is 2.39. The van der Waals surface area contributed by atoms with Crippen molar-refractivity contribution in [2.75, 3.05) is 5.32 Å². The third kappa shape index (κ3) is 2.35. The van der Waals surface area contributed by atoms with Gasteiger partial charge in [-0.05, 0) is 38.5 Å². The zero-order valence-corrected chi connectivity index (χ0v) is 13.9. The summed E-state index contributed by atoms with van der Waals surface area (Å²) in [6.07, 6.45) is 5.64. The summed E-state index contributed by atoms with van der Waals surface area (Å²) in [6.45, 7) is 6.21. The Labute approximate surface area is 139 Å². The van der Waals surface area contributed by atoms with Crippen LogP contribution in [0.15, 0.2) is 36.8 Å². The summed E-state index contributed by atoms with van der Waals surface area (Å²) in [5.41, 5.74) is 3.61. The van der Waals surface area contributed by atoms with Crippen molar-refractivity contribution >= 4 is 22.8 Å². The van der Waals surface area contributed by atoms with Gasteiger partial charge in [-0.2, -0.15) is 5.10 Å². The van der Waals surface area contributed by atoms with Gasteiger partial charge in [0.25, 0.3) is 0 Å². The molecule has 0 spiro atoms. The van der Waals surface area contributed by atoms with Crippen LogP contribution < -0.4 is 5.32 Å². The molecule has 0 fully saturated rings. The van der Waals surface area contributed by atoms with Crippen LogP contribution in [0, 0.1) is 0 Å². The van der Waals surface area contributed by atoms with Crippen LogP contribution in [-0.4, -0.2) is 25.7 Å². The molecule has 1 atom stereocenters. The lowest BCUT2D eigenvalue weighted by atomic mass is 9.87. The molecule has 1 aliphatic heterocycles. The lowest BCUT2D eigenvalue weighted by Crippen LogP contribution is -2.30. The number of hydrogen-bond donors (Lipinski definition) is 1. The number of amides is 1. The van der Waals surface area contributed by atoms with Gasteiger partial charge in [0.1, 0.15) is 5.82 Å². The molecular weight excluding hydrogens is 302 g/mol. The van der Waals surface area contributed by atoms with Crippen molar-refractivity contribution in [3.63, 3.8) is 0 Å². The van der Waals surface area contributed by atoms with Crippen molar-refractivity contribution in [1.29, 1.82) is 0 Å². The topological polar surface area (TPSA) is 72.7 Å². The van der Waals surface area contributed by atoms with Gasteiger partial charge < -0.3 is 5.32 Å². The summed E-state index contributed by atoms with van der Waals surface area (Å²) >= 11 is 0. The molecule has 24 heavy (non-hydrogen) atoms. The molecule has 0 saturated carbocycles. The van der Waals surface area contributed by atoms with Crippen LogP contribution in [0.1, 0.15) is 44.2 Å². The van der Waals surface area contributed by atoms with Crippen LogP contribution >= 0.6 is 0 Å². The van der Waals surface area contributed by atoms with Gasteiger partial charge in [0.15, 0.2) is 0 Å². The quantitative estimate of drug-likeness (QED) is 0.747. The highest BCUT2D eigenvalue weighted by Gasteiger charge is 2.32. The molecule has 4 rings (SSSR count). The van der Waals surface area contributed by atoms with Crippen LogP contribution in [0.3, 0.4) is 0 Å². The zero-order valence-electron chi connectivity index (χ0n) is 13.9. The van der Waals surface area contributed by atoms with E-state index in [0.717, 1.165) is 28.0 Å². The predicted octanol–water partition coefficient (Wildman–Crippen LogP) is 3.06. The van der Waals surface area contributed by atoms with Crippen LogP contribution in [0.25, 0.3) is 11.0 Å². The Morgan fingerprint density at radius 2 is 1.92 bits per heavy atom. The largest absolute Gasteiger partial charge is 0.311 e. The standard InChI is InChI=1S/C18H19N5O/c1-18(2,3)23-17-13(10-21-23)12(9-16(24)22-17)11-4-5-14-15(8-11)20-7-6-19-14/h4-8,10,12H,9H2,1-3H3,(H,22,24)/t12-/m1/s1. The molecular formula is C18H19N5O. The van der Waals surface area contributed by atoms with Gasteiger partial charge in [0.05, 0.1) is 22.8 Å². The van der Waals surface area contributed by atoms with Crippen LogP contribution in [0.2, 0.25) is 0 Å². The summed E-state index contributed by atoms with van der Waals surface area (Å²) in [7, 11) is 0. The average molecular weight is 321 g/mol. The lowest BCUT2D eigenvalue weighted by molar-refractivity contribution is -0.116. The van der Waals surface area contributed by atoms with E-state index in [-0.39, 0.29) is 17.4 Å². The smallest absolute Gasteiger partial charge is 0.226 e. The summed E-state index contributed by atoms with van der Waals surface area (Å²) in [5, 5.41) is 7.50. The van der Waals surface area contributed by atoms with E-state index in [1.165, 1.54) is 0 Å². The van der Waals surface area contributed by atoms with E-state index in [0.29, 0.717) is 6.42 Å². The summed E-state index contributed by atoms with van der Waals surface area (Å²) in [4.78, 5) is 20.9. The van der Waals surface area contributed by atoms with E-state index >= 15 is 0 Å². The van der Waals surface area contributed by atoms with Crippen LogP contribution in [0.4, 0.5) is 5.82 Å². The van der Waals surface area contributed by atoms with Crippen LogP contribution in [-0.2, 0) is 10.3 Å². The number of rotatable bonds is 1. The Hall–Kier alpha value is -2.76. The van der Waals surface area contributed by atoms with E-state index in [9.17, 15) is 4.79 Å². The maximum absolute atomic E-state index is 12.3. The second-order valence-electron chi connectivity index (χ2n) is 7.14. The molecule has 6 nitrogen and oxygen atoms in total. The average Bonchev–Trinajstić information content (AvgIpc) is 2.97. The molecule has 1 aliphatic rings. The zero-order chi connectivity index (χ0) is 16.9. The van der Waals surface area contributed by atoms with Crippen molar-refractivity contribution < 1.29 is 4.79 Å². The fourth-order valence-corrected chi connectivity index (χ4v) is 3.22. The fraction of sp³-hybridized carbons (Fsp3) is 0.333. The first-order chi connectivity index (χ1) is 11.4. The fourth-order valence-electron chi connectivity index (χ4n) is 3.22. The molecule has 6 heteroatoms.